The largest absolute Gasteiger partial charge is 0.362 e. The standard InChI is InChI=1S/C14H22N2/c1-11-8-9-12-6-4-5-7-13(12)16(11)14(2,3)10-15/h4-7,11H,8-10,15H2,1-3H3. The van der Waals surface area contributed by atoms with Gasteiger partial charge in [0, 0.05) is 23.8 Å². The van der Waals surface area contributed by atoms with Gasteiger partial charge in [-0.05, 0) is 45.2 Å². The topological polar surface area (TPSA) is 29.3 Å². The SMILES string of the molecule is CC1CCc2ccccc2N1C(C)(C)CN. The molecule has 0 bridgehead atoms. The first-order chi connectivity index (χ1) is 7.56. The van der Waals surface area contributed by atoms with Crippen LogP contribution < -0.4 is 10.6 Å². The van der Waals surface area contributed by atoms with Crippen LogP contribution in [0.2, 0.25) is 0 Å². The van der Waals surface area contributed by atoms with Gasteiger partial charge in [0.2, 0.25) is 0 Å². The monoisotopic (exact) mass is 218 g/mol. The number of para-hydroxylation sites is 1. The normalized spacial score (nSPS) is 20.8. The van der Waals surface area contributed by atoms with Crippen molar-refractivity contribution in [3.63, 3.8) is 0 Å². The van der Waals surface area contributed by atoms with Crippen molar-refractivity contribution in [2.24, 2.45) is 5.73 Å². The van der Waals surface area contributed by atoms with Crippen molar-refractivity contribution in [1.29, 1.82) is 0 Å². The number of hydrogen-bond donors (Lipinski definition) is 1. The fourth-order valence-electron chi connectivity index (χ4n) is 2.71. The Labute approximate surface area is 98.4 Å². The van der Waals surface area contributed by atoms with Gasteiger partial charge in [0.1, 0.15) is 0 Å². The van der Waals surface area contributed by atoms with E-state index in [1.165, 1.54) is 24.1 Å². The van der Waals surface area contributed by atoms with Crippen LogP contribution in [0.3, 0.4) is 0 Å². The maximum atomic E-state index is 5.91. The van der Waals surface area contributed by atoms with Gasteiger partial charge in [-0.2, -0.15) is 0 Å². The summed E-state index contributed by atoms with van der Waals surface area (Å²) in [4.78, 5) is 2.49. The molecule has 1 aliphatic heterocycles. The molecule has 0 aliphatic carbocycles. The molecule has 0 amide bonds. The molecule has 1 heterocycles. The van der Waals surface area contributed by atoms with E-state index in [4.69, 9.17) is 5.73 Å². The highest BCUT2D eigenvalue weighted by molar-refractivity contribution is 5.58. The van der Waals surface area contributed by atoms with Gasteiger partial charge in [-0.1, -0.05) is 18.2 Å². The van der Waals surface area contributed by atoms with Gasteiger partial charge in [0.25, 0.3) is 0 Å². The molecule has 0 fully saturated rings. The van der Waals surface area contributed by atoms with Gasteiger partial charge in [0.05, 0.1) is 0 Å². The minimum Gasteiger partial charge on any atom is -0.362 e. The maximum absolute atomic E-state index is 5.91. The van der Waals surface area contributed by atoms with Gasteiger partial charge >= 0.3 is 0 Å². The zero-order valence-corrected chi connectivity index (χ0v) is 10.5. The average Bonchev–Trinajstić information content (AvgIpc) is 2.28. The smallest absolute Gasteiger partial charge is 0.0471 e. The molecule has 2 nitrogen and oxygen atoms in total. The molecular weight excluding hydrogens is 196 g/mol. The van der Waals surface area contributed by atoms with Crippen LogP contribution in [0.15, 0.2) is 24.3 Å². The van der Waals surface area contributed by atoms with E-state index in [2.05, 4.69) is 49.9 Å². The molecule has 88 valence electrons. The van der Waals surface area contributed by atoms with E-state index in [9.17, 15) is 0 Å². The fraction of sp³-hybridized carbons (Fsp3) is 0.571. The Balaban J connectivity index is 2.44. The van der Waals surface area contributed by atoms with Crippen molar-refractivity contribution in [2.45, 2.75) is 45.2 Å². The first kappa shape index (κ1) is 11.5. The number of nitrogens with zero attached hydrogens (tertiary/aromatic N) is 1. The van der Waals surface area contributed by atoms with E-state index in [-0.39, 0.29) is 5.54 Å². The zero-order chi connectivity index (χ0) is 11.8. The van der Waals surface area contributed by atoms with Gasteiger partial charge < -0.3 is 10.6 Å². The van der Waals surface area contributed by atoms with E-state index in [0.29, 0.717) is 12.6 Å². The van der Waals surface area contributed by atoms with Gasteiger partial charge in [-0.25, -0.2) is 0 Å². The third-order valence-corrected chi connectivity index (χ3v) is 3.68. The predicted molar refractivity (Wildman–Crippen MR) is 69.8 cm³/mol. The number of anilines is 1. The molecule has 0 aromatic heterocycles. The lowest BCUT2D eigenvalue weighted by Crippen LogP contribution is -2.55. The van der Waals surface area contributed by atoms with E-state index < -0.39 is 0 Å². The van der Waals surface area contributed by atoms with Crippen LogP contribution in [-0.4, -0.2) is 18.1 Å². The first-order valence-corrected chi connectivity index (χ1v) is 6.13. The third kappa shape index (κ3) is 1.82. The lowest BCUT2D eigenvalue weighted by atomic mass is 9.90. The highest BCUT2D eigenvalue weighted by Gasteiger charge is 2.33. The quantitative estimate of drug-likeness (QED) is 0.826. The molecule has 1 aliphatic rings. The van der Waals surface area contributed by atoms with Crippen LogP contribution >= 0.6 is 0 Å². The van der Waals surface area contributed by atoms with Crippen LogP contribution in [0.1, 0.15) is 32.8 Å². The van der Waals surface area contributed by atoms with Gasteiger partial charge in [-0.15, -0.1) is 0 Å². The Morgan fingerprint density at radius 1 is 1.38 bits per heavy atom. The van der Waals surface area contributed by atoms with Crippen molar-refractivity contribution in [3.8, 4) is 0 Å². The van der Waals surface area contributed by atoms with E-state index in [1.807, 2.05) is 0 Å². The van der Waals surface area contributed by atoms with E-state index in [1.54, 1.807) is 0 Å². The van der Waals surface area contributed by atoms with Crippen molar-refractivity contribution in [2.75, 3.05) is 11.4 Å². The Hall–Kier alpha value is -1.02. The van der Waals surface area contributed by atoms with Gasteiger partial charge in [-0.3, -0.25) is 0 Å². The molecule has 0 saturated carbocycles. The van der Waals surface area contributed by atoms with Crippen LogP contribution in [0.5, 0.6) is 0 Å². The summed E-state index contributed by atoms with van der Waals surface area (Å²) in [7, 11) is 0. The number of nitrogens with two attached hydrogens (primary N) is 1. The molecule has 2 N–H and O–H groups in total. The van der Waals surface area contributed by atoms with Crippen molar-refractivity contribution >= 4 is 5.69 Å². The summed E-state index contributed by atoms with van der Waals surface area (Å²) in [6.07, 6.45) is 2.41. The molecular formula is C14H22N2. The Kier molecular flexibility index (Phi) is 2.94. The van der Waals surface area contributed by atoms with Crippen LogP contribution in [0.4, 0.5) is 5.69 Å². The minimum absolute atomic E-state index is 0.0376. The number of aryl methyl sites for hydroxylation is 1. The Bertz CT molecular complexity index is 371. The lowest BCUT2D eigenvalue weighted by molar-refractivity contribution is 0.401. The summed E-state index contributed by atoms with van der Waals surface area (Å²) in [5.41, 5.74) is 8.78. The van der Waals surface area contributed by atoms with Crippen LogP contribution in [0, 0.1) is 0 Å². The maximum Gasteiger partial charge on any atom is 0.0471 e. The molecule has 0 saturated heterocycles. The molecule has 2 rings (SSSR count). The number of fused-ring (bicyclic) bond motifs is 1. The predicted octanol–water partition coefficient (Wildman–Crippen LogP) is 2.57. The van der Waals surface area contributed by atoms with Crippen molar-refractivity contribution < 1.29 is 0 Å². The second-order valence-electron chi connectivity index (χ2n) is 5.40. The van der Waals surface area contributed by atoms with Gasteiger partial charge in [0.15, 0.2) is 0 Å². The molecule has 1 atom stereocenters. The summed E-state index contributed by atoms with van der Waals surface area (Å²) < 4.78 is 0. The summed E-state index contributed by atoms with van der Waals surface area (Å²) >= 11 is 0. The molecule has 0 spiro atoms. The second-order valence-corrected chi connectivity index (χ2v) is 5.40. The molecule has 1 aromatic rings. The average molecular weight is 218 g/mol. The number of rotatable bonds is 2. The van der Waals surface area contributed by atoms with Crippen molar-refractivity contribution in [3.05, 3.63) is 29.8 Å². The zero-order valence-electron chi connectivity index (χ0n) is 10.5. The summed E-state index contributed by atoms with van der Waals surface area (Å²) in [6, 6.07) is 9.29. The Morgan fingerprint density at radius 3 is 2.75 bits per heavy atom. The summed E-state index contributed by atoms with van der Waals surface area (Å²) in [6.45, 7) is 7.44. The molecule has 0 radical (unpaired) electrons. The molecule has 2 heteroatoms. The highest BCUT2D eigenvalue weighted by atomic mass is 15.2. The minimum atomic E-state index is 0.0376. The van der Waals surface area contributed by atoms with Crippen LogP contribution in [0.25, 0.3) is 0 Å². The fourth-order valence-corrected chi connectivity index (χ4v) is 2.71. The summed E-state index contributed by atoms with van der Waals surface area (Å²) in [5.74, 6) is 0. The first-order valence-electron chi connectivity index (χ1n) is 6.13. The third-order valence-electron chi connectivity index (χ3n) is 3.68. The van der Waals surface area contributed by atoms with Crippen molar-refractivity contribution in [1.82, 2.24) is 0 Å². The summed E-state index contributed by atoms with van der Waals surface area (Å²) in [5, 5.41) is 0. The lowest BCUT2D eigenvalue weighted by Gasteiger charge is -2.47. The second kappa shape index (κ2) is 4.10. The van der Waals surface area contributed by atoms with E-state index in [0.717, 1.165) is 0 Å². The highest BCUT2D eigenvalue weighted by Crippen LogP contribution is 2.35. The van der Waals surface area contributed by atoms with Crippen LogP contribution in [-0.2, 0) is 6.42 Å². The van der Waals surface area contributed by atoms with E-state index >= 15 is 0 Å². The molecule has 1 unspecified atom stereocenters. The Morgan fingerprint density at radius 2 is 2.06 bits per heavy atom. The number of hydrogen-bond acceptors (Lipinski definition) is 2. The molecule has 1 aromatic carbocycles. The number of benzene rings is 1. The molecule has 16 heavy (non-hydrogen) atoms.